The third kappa shape index (κ3) is 1.91. The summed E-state index contributed by atoms with van der Waals surface area (Å²) < 4.78 is 18.7. The molecule has 1 spiro atoms. The van der Waals surface area contributed by atoms with Crippen molar-refractivity contribution in [1.82, 2.24) is 0 Å². The topological polar surface area (TPSA) is 68.3 Å². The SMILES string of the molecule is CC1([C@H]2CC3OC34[C@@H]3CCC5CC(=O)CC[C@]5(C)[C@H]3CC(O)[C@]24C)OCCO1. The van der Waals surface area contributed by atoms with Crippen LogP contribution in [-0.2, 0) is 19.0 Å². The third-order valence-corrected chi connectivity index (χ3v) is 10.5. The molecule has 6 aliphatic rings. The lowest BCUT2D eigenvalue weighted by atomic mass is 9.43. The van der Waals surface area contributed by atoms with Gasteiger partial charge in [-0.15, -0.1) is 0 Å². The maximum atomic E-state index is 12.1. The van der Waals surface area contributed by atoms with Crippen molar-refractivity contribution >= 4 is 5.78 Å². The van der Waals surface area contributed by atoms with Crippen molar-refractivity contribution < 1.29 is 24.1 Å². The van der Waals surface area contributed by atoms with E-state index in [0.29, 0.717) is 43.2 Å². The number of epoxide rings is 1. The van der Waals surface area contributed by atoms with E-state index >= 15 is 0 Å². The zero-order chi connectivity index (χ0) is 19.5. The van der Waals surface area contributed by atoms with Gasteiger partial charge in [0.25, 0.3) is 0 Å². The molecule has 0 bridgehead atoms. The highest BCUT2D eigenvalue weighted by Crippen LogP contribution is 2.77. The van der Waals surface area contributed by atoms with E-state index in [2.05, 4.69) is 20.8 Å². The minimum atomic E-state index is -0.606. The molecule has 0 radical (unpaired) electrons. The van der Waals surface area contributed by atoms with E-state index in [4.69, 9.17) is 14.2 Å². The van der Waals surface area contributed by atoms with Crippen LogP contribution < -0.4 is 0 Å². The first-order chi connectivity index (χ1) is 13.3. The Morgan fingerprint density at radius 2 is 1.79 bits per heavy atom. The minimum Gasteiger partial charge on any atom is -0.392 e. The summed E-state index contributed by atoms with van der Waals surface area (Å²) in [7, 11) is 0. The van der Waals surface area contributed by atoms with Crippen molar-refractivity contribution in [3.63, 3.8) is 0 Å². The standard InChI is InChI=1S/C23H34O5/c1-20-7-6-14(24)10-13(20)4-5-15-16(20)11-18(25)21(2)17(12-19-23(15,21)28-19)22(3)26-8-9-27-22/h13,15-19,25H,4-12H2,1-3H3/t13?,15-,16+,17+,18?,19?,20+,21+,23?/m1/s1. The van der Waals surface area contributed by atoms with Gasteiger partial charge in [-0.25, -0.2) is 0 Å². The molecule has 4 saturated carbocycles. The van der Waals surface area contributed by atoms with Gasteiger partial charge in [0.15, 0.2) is 5.79 Å². The Kier molecular flexibility index (Phi) is 3.53. The summed E-state index contributed by atoms with van der Waals surface area (Å²) in [6.07, 6.45) is 6.25. The van der Waals surface area contributed by atoms with Gasteiger partial charge in [0.05, 0.1) is 25.4 Å². The Hall–Kier alpha value is -0.490. The third-order valence-electron chi connectivity index (χ3n) is 10.5. The van der Waals surface area contributed by atoms with Crippen LogP contribution in [0.3, 0.4) is 0 Å². The quantitative estimate of drug-likeness (QED) is 0.697. The number of rotatable bonds is 1. The Labute approximate surface area is 167 Å². The lowest BCUT2D eigenvalue weighted by Crippen LogP contribution is -2.65. The summed E-state index contributed by atoms with van der Waals surface area (Å²) in [6.45, 7) is 8.00. The van der Waals surface area contributed by atoms with E-state index < -0.39 is 11.9 Å². The summed E-state index contributed by atoms with van der Waals surface area (Å²) in [5, 5.41) is 11.6. The van der Waals surface area contributed by atoms with Crippen LogP contribution >= 0.6 is 0 Å². The molecular weight excluding hydrogens is 356 g/mol. The Morgan fingerprint density at radius 1 is 1.04 bits per heavy atom. The Morgan fingerprint density at radius 3 is 2.54 bits per heavy atom. The highest BCUT2D eigenvalue weighted by Gasteiger charge is 2.84. The monoisotopic (exact) mass is 390 g/mol. The summed E-state index contributed by atoms with van der Waals surface area (Å²) in [5.74, 6) is 1.40. The van der Waals surface area contributed by atoms with Crippen molar-refractivity contribution in [3.8, 4) is 0 Å². The van der Waals surface area contributed by atoms with Gasteiger partial charge in [-0.1, -0.05) is 13.8 Å². The number of fused-ring (bicyclic) bond motifs is 3. The van der Waals surface area contributed by atoms with Crippen LogP contribution in [0, 0.1) is 34.5 Å². The molecule has 0 aromatic heterocycles. The number of carbonyl (C=O) groups excluding carboxylic acids is 1. The number of carbonyl (C=O) groups is 1. The van der Waals surface area contributed by atoms with E-state index in [1.165, 1.54) is 0 Å². The van der Waals surface area contributed by atoms with Crippen LogP contribution in [0.4, 0.5) is 0 Å². The van der Waals surface area contributed by atoms with E-state index in [9.17, 15) is 9.90 Å². The van der Waals surface area contributed by atoms with E-state index in [1.807, 2.05) is 0 Å². The predicted octanol–water partition coefficient (Wildman–Crippen LogP) is 3.08. The molecule has 2 heterocycles. The maximum absolute atomic E-state index is 12.1. The molecule has 6 rings (SSSR count). The van der Waals surface area contributed by atoms with E-state index in [-0.39, 0.29) is 28.5 Å². The van der Waals surface area contributed by atoms with Gasteiger partial charge in [-0.2, -0.15) is 0 Å². The zero-order valence-corrected chi connectivity index (χ0v) is 17.4. The van der Waals surface area contributed by atoms with E-state index in [1.54, 1.807) is 0 Å². The fraction of sp³-hybridized carbons (Fsp3) is 0.957. The smallest absolute Gasteiger partial charge is 0.169 e. The average Bonchev–Trinajstić information content (AvgIpc) is 3.09. The van der Waals surface area contributed by atoms with Crippen molar-refractivity contribution in [2.45, 2.75) is 89.3 Å². The fourth-order valence-corrected chi connectivity index (χ4v) is 8.95. The van der Waals surface area contributed by atoms with Gasteiger partial charge in [-0.3, -0.25) is 4.79 Å². The Balaban J connectivity index is 1.39. The highest BCUT2D eigenvalue weighted by atomic mass is 16.7. The van der Waals surface area contributed by atoms with Crippen LogP contribution in [0.25, 0.3) is 0 Å². The maximum Gasteiger partial charge on any atom is 0.169 e. The van der Waals surface area contributed by atoms with Crippen LogP contribution in [-0.4, -0.2) is 47.7 Å². The van der Waals surface area contributed by atoms with Crippen LogP contribution in [0.2, 0.25) is 0 Å². The first-order valence-electron chi connectivity index (χ1n) is 11.4. The lowest BCUT2D eigenvalue weighted by molar-refractivity contribution is -0.258. The van der Waals surface area contributed by atoms with Gasteiger partial charge in [0.1, 0.15) is 11.4 Å². The second-order valence-electron chi connectivity index (χ2n) is 11.2. The van der Waals surface area contributed by atoms with E-state index in [0.717, 1.165) is 38.5 Å². The van der Waals surface area contributed by atoms with Crippen molar-refractivity contribution in [2.24, 2.45) is 34.5 Å². The van der Waals surface area contributed by atoms with Crippen molar-refractivity contribution in [3.05, 3.63) is 0 Å². The van der Waals surface area contributed by atoms with Crippen molar-refractivity contribution in [2.75, 3.05) is 13.2 Å². The number of aliphatic hydroxyl groups is 1. The van der Waals surface area contributed by atoms with Crippen molar-refractivity contribution in [1.29, 1.82) is 0 Å². The summed E-state index contributed by atoms with van der Waals surface area (Å²) >= 11 is 0. The molecule has 2 saturated heterocycles. The molecule has 5 heteroatoms. The largest absolute Gasteiger partial charge is 0.392 e. The first kappa shape index (κ1) is 18.3. The minimum absolute atomic E-state index is 0.159. The molecule has 0 amide bonds. The van der Waals surface area contributed by atoms with Crippen LogP contribution in [0.15, 0.2) is 0 Å². The number of hydrogen-bond donors (Lipinski definition) is 1. The summed E-state index contributed by atoms with van der Waals surface area (Å²) in [5.41, 5.74) is -0.397. The molecule has 5 nitrogen and oxygen atoms in total. The molecule has 4 aliphatic carbocycles. The van der Waals surface area contributed by atoms with Crippen LogP contribution in [0.1, 0.15) is 65.7 Å². The zero-order valence-electron chi connectivity index (χ0n) is 17.4. The first-order valence-corrected chi connectivity index (χ1v) is 11.4. The van der Waals surface area contributed by atoms with Gasteiger partial charge in [0.2, 0.25) is 0 Å². The number of ether oxygens (including phenoxy) is 3. The molecular formula is C23H34O5. The summed E-state index contributed by atoms with van der Waals surface area (Å²) in [6, 6.07) is 0. The molecule has 0 aromatic carbocycles. The summed E-state index contributed by atoms with van der Waals surface area (Å²) in [4.78, 5) is 12.1. The second kappa shape index (κ2) is 5.40. The van der Waals surface area contributed by atoms with Gasteiger partial charge in [0, 0.05) is 24.2 Å². The molecule has 156 valence electrons. The number of aliphatic hydroxyl groups excluding tert-OH is 1. The Bertz CT molecular complexity index is 716. The molecule has 9 atom stereocenters. The van der Waals surface area contributed by atoms with Gasteiger partial charge >= 0.3 is 0 Å². The average molecular weight is 391 g/mol. The molecule has 1 N–H and O–H groups in total. The number of Topliss-reactive ketones (excluding diaryl/α,β-unsaturated/α-hetero) is 1. The van der Waals surface area contributed by atoms with Gasteiger partial charge in [-0.05, 0) is 62.2 Å². The lowest BCUT2D eigenvalue weighted by Gasteiger charge is -2.62. The molecule has 6 fully saturated rings. The number of ketones is 1. The highest BCUT2D eigenvalue weighted by molar-refractivity contribution is 5.79. The number of hydrogen-bond acceptors (Lipinski definition) is 5. The molecule has 4 unspecified atom stereocenters. The molecule has 2 aliphatic heterocycles. The van der Waals surface area contributed by atoms with Crippen LogP contribution in [0.5, 0.6) is 0 Å². The molecule has 0 aromatic rings. The normalized spacial score (nSPS) is 59.2. The predicted molar refractivity (Wildman–Crippen MR) is 101 cm³/mol. The molecule has 28 heavy (non-hydrogen) atoms. The second-order valence-corrected chi connectivity index (χ2v) is 11.2. The fourth-order valence-electron chi connectivity index (χ4n) is 8.95. The van der Waals surface area contributed by atoms with Gasteiger partial charge < -0.3 is 19.3 Å².